The standard InChI is InChI=1S/C23H35N5O6S/c1-17-13-27(18(2)15-29)23(30)6-5-11-28-19(12-24-25-28)16-34-22(17)14-26(3)35(31,32)21-9-7-20(33-4)8-10-21/h7-10,12,17-18,22,29H,5-6,11,13-16H2,1-4H3/t17-,18+,22-/m1/s1. The van der Waals surface area contributed by atoms with Crippen LogP contribution < -0.4 is 4.74 Å². The summed E-state index contributed by atoms with van der Waals surface area (Å²) in [6.45, 7) is 4.68. The first-order chi connectivity index (χ1) is 16.7. The van der Waals surface area contributed by atoms with Crippen LogP contribution in [0.1, 0.15) is 32.4 Å². The van der Waals surface area contributed by atoms with E-state index in [0.29, 0.717) is 31.7 Å². The van der Waals surface area contributed by atoms with Gasteiger partial charge in [-0.1, -0.05) is 12.1 Å². The molecule has 1 aromatic heterocycles. The van der Waals surface area contributed by atoms with Crippen molar-refractivity contribution in [1.29, 1.82) is 0 Å². The zero-order valence-electron chi connectivity index (χ0n) is 20.7. The Morgan fingerprint density at radius 2 is 2.03 bits per heavy atom. The Bertz CT molecular complexity index is 1070. The number of ether oxygens (including phenoxy) is 2. The lowest BCUT2D eigenvalue weighted by Crippen LogP contribution is -2.47. The van der Waals surface area contributed by atoms with Crippen LogP contribution in [0, 0.1) is 5.92 Å². The van der Waals surface area contributed by atoms with Gasteiger partial charge in [-0.15, -0.1) is 5.10 Å². The maximum atomic E-state index is 13.2. The van der Waals surface area contributed by atoms with Crippen LogP contribution in [0.15, 0.2) is 35.4 Å². The van der Waals surface area contributed by atoms with E-state index in [4.69, 9.17) is 9.47 Å². The number of carbonyl (C=O) groups excluding carboxylic acids is 1. The molecule has 3 rings (SSSR count). The van der Waals surface area contributed by atoms with Crippen molar-refractivity contribution < 1.29 is 27.8 Å². The van der Waals surface area contributed by atoms with Gasteiger partial charge in [-0.3, -0.25) is 4.79 Å². The minimum Gasteiger partial charge on any atom is -0.497 e. The molecule has 194 valence electrons. The van der Waals surface area contributed by atoms with Crippen LogP contribution in [0.2, 0.25) is 0 Å². The Labute approximate surface area is 206 Å². The molecule has 0 spiro atoms. The molecule has 0 unspecified atom stereocenters. The summed E-state index contributed by atoms with van der Waals surface area (Å²) < 4.78 is 40.8. The SMILES string of the molecule is COc1ccc(S(=O)(=O)N(C)C[C@H]2OCc3cnnn3CCCC(=O)N([C@@H](C)CO)C[C@H]2C)cc1. The molecular formula is C23H35N5O6S. The highest BCUT2D eigenvalue weighted by molar-refractivity contribution is 7.89. The van der Waals surface area contributed by atoms with Crippen LogP contribution in [0.3, 0.4) is 0 Å². The minimum absolute atomic E-state index is 0.0707. The normalized spacial score (nSPS) is 21.2. The first-order valence-electron chi connectivity index (χ1n) is 11.7. The van der Waals surface area contributed by atoms with E-state index in [1.807, 2.05) is 6.92 Å². The average molecular weight is 510 g/mol. The van der Waals surface area contributed by atoms with E-state index in [-0.39, 0.29) is 42.5 Å². The van der Waals surface area contributed by atoms with E-state index >= 15 is 0 Å². The quantitative estimate of drug-likeness (QED) is 0.589. The summed E-state index contributed by atoms with van der Waals surface area (Å²) in [5.74, 6) is 0.277. The minimum atomic E-state index is -3.78. The number of amides is 1. The molecule has 1 amide bonds. The van der Waals surface area contributed by atoms with Crippen LogP contribution in [0.4, 0.5) is 0 Å². The number of fused-ring (bicyclic) bond motifs is 1. The molecule has 12 heteroatoms. The number of likely N-dealkylation sites (N-methyl/N-ethyl adjacent to an activating group) is 1. The number of aliphatic hydroxyl groups excluding tert-OH is 1. The lowest BCUT2D eigenvalue weighted by atomic mass is 10.0. The van der Waals surface area contributed by atoms with Crippen LogP contribution in [0.5, 0.6) is 5.75 Å². The van der Waals surface area contributed by atoms with Crippen LogP contribution >= 0.6 is 0 Å². The Kier molecular flexibility index (Phi) is 9.22. The van der Waals surface area contributed by atoms with E-state index in [1.54, 1.807) is 34.8 Å². The monoisotopic (exact) mass is 509 g/mol. The summed E-state index contributed by atoms with van der Waals surface area (Å²) in [7, 11) is -0.755. The Balaban J connectivity index is 1.86. The van der Waals surface area contributed by atoms with Gasteiger partial charge in [0.25, 0.3) is 0 Å². The average Bonchev–Trinajstić information content (AvgIpc) is 3.30. The van der Waals surface area contributed by atoms with Crippen molar-refractivity contribution in [2.24, 2.45) is 5.92 Å². The molecule has 0 aliphatic carbocycles. The van der Waals surface area contributed by atoms with Gasteiger partial charge in [0.1, 0.15) is 5.75 Å². The number of benzene rings is 1. The van der Waals surface area contributed by atoms with Crippen molar-refractivity contribution in [1.82, 2.24) is 24.2 Å². The zero-order chi connectivity index (χ0) is 25.6. The molecule has 0 saturated heterocycles. The molecule has 2 heterocycles. The first-order valence-corrected chi connectivity index (χ1v) is 13.1. The molecule has 35 heavy (non-hydrogen) atoms. The number of rotatable bonds is 7. The second-order valence-electron chi connectivity index (χ2n) is 8.92. The highest BCUT2D eigenvalue weighted by Crippen LogP contribution is 2.22. The number of sulfonamides is 1. The molecule has 1 aliphatic rings. The molecule has 1 aliphatic heterocycles. The van der Waals surface area contributed by atoms with Gasteiger partial charge in [0.15, 0.2) is 0 Å². The summed E-state index contributed by atoms with van der Waals surface area (Å²) in [6, 6.07) is 5.84. The van der Waals surface area contributed by atoms with Gasteiger partial charge in [0.05, 0.1) is 49.3 Å². The van der Waals surface area contributed by atoms with Gasteiger partial charge in [-0.25, -0.2) is 13.1 Å². The molecule has 0 radical (unpaired) electrons. The van der Waals surface area contributed by atoms with Crippen LogP contribution in [-0.4, -0.2) is 89.6 Å². The molecule has 1 N–H and O–H groups in total. The first kappa shape index (κ1) is 27.1. The van der Waals surface area contributed by atoms with Crippen LogP contribution in [-0.2, 0) is 32.7 Å². The van der Waals surface area contributed by atoms with Gasteiger partial charge in [0, 0.05) is 39.0 Å². The molecule has 0 fully saturated rings. The number of aliphatic hydroxyl groups is 1. The summed E-state index contributed by atoms with van der Waals surface area (Å²) in [6.07, 6.45) is 1.99. The molecule has 0 saturated carbocycles. The predicted octanol–water partition coefficient (Wildman–Crippen LogP) is 1.13. The molecule has 1 aromatic carbocycles. The number of hydrogen-bond donors (Lipinski definition) is 1. The number of nitrogens with zero attached hydrogens (tertiary/aromatic N) is 5. The smallest absolute Gasteiger partial charge is 0.242 e. The van der Waals surface area contributed by atoms with E-state index in [1.165, 1.54) is 30.6 Å². The predicted molar refractivity (Wildman–Crippen MR) is 128 cm³/mol. The van der Waals surface area contributed by atoms with Gasteiger partial charge in [-0.05, 0) is 37.6 Å². The van der Waals surface area contributed by atoms with Crippen molar-refractivity contribution in [2.45, 2.75) is 56.9 Å². The molecule has 2 aromatic rings. The molecule has 0 bridgehead atoms. The lowest BCUT2D eigenvalue weighted by Gasteiger charge is -2.35. The number of methoxy groups -OCH3 is 1. The van der Waals surface area contributed by atoms with Gasteiger partial charge >= 0.3 is 0 Å². The van der Waals surface area contributed by atoms with E-state index < -0.39 is 16.1 Å². The van der Waals surface area contributed by atoms with Gasteiger partial charge < -0.3 is 19.5 Å². The van der Waals surface area contributed by atoms with E-state index in [9.17, 15) is 18.3 Å². The Morgan fingerprint density at radius 1 is 1.31 bits per heavy atom. The summed E-state index contributed by atoms with van der Waals surface area (Å²) in [4.78, 5) is 14.8. The van der Waals surface area contributed by atoms with E-state index in [2.05, 4.69) is 10.3 Å². The van der Waals surface area contributed by atoms with Gasteiger partial charge in [0.2, 0.25) is 15.9 Å². The van der Waals surface area contributed by atoms with E-state index in [0.717, 1.165) is 5.69 Å². The summed E-state index contributed by atoms with van der Waals surface area (Å²) in [5, 5.41) is 17.8. The summed E-state index contributed by atoms with van der Waals surface area (Å²) in [5.41, 5.74) is 0.761. The zero-order valence-corrected chi connectivity index (χ0v) is 21.5. The molecular weight excluding hydrogens is 474 g/mol. The molecule has 11 nitrogen and oxygen atoms in total. The second-order valence-corrected chi connectivity index (χ2v) is 11.0. The lowest BCUT2D eigenvalue weighted by molar-refractivity contribution is -0.136. The fourth-order valence-electron chi connectivity index (χ4n) is 4.03. The largest absolute Gasteiger partial charge is 0.497 e. The number of aromatic nitrogens is 3. The number of hydrogen-bond acceptors (Lipinski definition) is 8. The maximum absolute atomic E-state index is 13.2. The number of carbonyl (C=O) groups is 1. The second kappa shape index (κ2) is 11.9. The van der Waals surface area contributed by atoms with Crippen molar-refractivity contribution >= 4 is 15.9 Å². The number of aryl methyl sites for hydroxylation is 1. The third-order valence-corrected chi connectivity index (χ3v) is 8.18. The third kappa shape index (κ3) is 6.57. The Hall–Kier alpha value is -2.54. The fourth-order valence-corrected chi connectivity index (χ4v) is 5.21. The van der Waals surface area contributed by atoms with Crippen molar-refractivity contribution in [3.05, 3.63) is 36.2 Å². The highest BCUT2D eigenvalue weighted by Gasteiger charge is 2.31. The fraction of sp³-hybridized carbons (Fsp3) is 0.609. The molecule has 3 atom stereocenters. The highest BCUT2D eigenvalue weighted by atomic mass is 32.2. The van der Waals surface area contributed by atoms with Gasteiger partial charge in [-0.2, -0.15) is 4.31 Å². The third-order valence-electron chi connectivity index (χ3n) is 6.34. The van der Waals surface area contributed by atoms with Crippen molar-refractivity contribution in [2.75, 3.05) is 33.9 Å². The van der Waals surface area contributed by atoms with Crippen molar-refractivity contribution in [3.63, 3.8) is 0 Å². The Morgan fingerprint density at radius 3 is 2.69 bits per heavy atom. The van der Waals surface area contributed by atoms with Crippen molar-refractivity contribution in [3.8, 4) is 5.75 Å². The summed E-state index contributed by atoms with van der Waals surface area (Å²) >= 11 is 0. The topological polar surface area (TPSA) is 127 Å². The van der Waals surface area contributed by atoms with Crippen LogP contribution in [0.25, 0.3) is 0 Å². The maximum Gasteiger partial charge on any atom is 0.242 e.